The summed E-state index contributed by atoms with van der Waals surface area (Å²) in [4.78, 5) is 0. The van der Waals surface area contributed by atoms with Gasteiger partial charge in [-0.3, -0.25) is 0 Å². The maximum atomic E-state index is 7.50. The van der Waals surface area contributed by atoms with Gasteiger partial charge in [0.05, 0.1) is 0 Å². The van der Waals surface area contributed by atoms with Crippen molar-refractivity contribution in [2.75, 3.05) is 0 Å². The van der Waals surface area contributed by atoms with Gasteiger partial charge < -0.3 is 13.5 Å². The third-order valence-electron chi connectivity index (χ3n) is 3.58. The average molecular weight is 572 g/mol. The van der Waals surface area contributed by atoms with Gasteiger partial charge in [-0.05, 0) is 34.0 Å². The van der Waals surface area contributed by atoms with Crippen LogP contribution in [0.3, 0.4) is 0 Å². The molecular weight excluding hydrogens is 528 g/mol. The Kier molecular flexibility index (Phi) is 31.8. The summed E-state index contributed by atoms with van der Waals surface area (Å²) >= 11 is 0. The van der Waals surface area contributed by atoms with Crippen molar-refractivity contribution in [3.63, 3.8) is 0 Å². The number of hydrogen-bond donors (Lipinski definition) is 0. The van der Waals surface area contributed by atoms with Gasteiger partial charge in [-0.1, -0.05) is 98.9 Å². The molecule has 0 unspecified atom stereocenters. The van der Waals surface area contributed by atoms with Crippen LogP contribution in [0.4, 0.5) is 0 Å². The van der Waals surface area contributed by atoms with E-state index in [1.54, 1.807) is 0 Å². The molecule has 5 heteroatoms. The molecule has 0 rings (SSSR count). The van der Waals surface area contributed by atoms with E-state index in [4.69, 9.17) is 4.65 Å². The Morgan fingerprint density at radius 1 is 0.458 bits per heavy atom. The fraction of sp³-hybridized carbons (Fsp3) is 0.947. The Bertz CT molecular complexity index is 205. The summed E-state index contributed by atoms with van der Waals surface area (Å²) in [6.07, 6.45) is 0. The fourth-order valence-corrected chi connectivity index (χ4v) is 10.7. The first-order valence-electron chi connectivity index (χ1n) is 8.68. The van der Waals surface area contributed by atoms with Crippen molar-refractivity contribution in [3.05, 3.63) is 6.65 Å². The van der Waals surface area contributed by atoms with E-state index in [1.807, 2.05) is 0 Å². The SMILES string of the molecule is CC(C)P(C(C)C)C(C)C.CC(C)P(C(C)C)C(C)C.[C-]#[O+].[Os+].[SH-]. The van der Waals surface area contributed by atoms with E-state index in [0.29, 0.717) is 0 Å². The van der Waals surface area contributed by atoms with E-state index in [-0.39, 0.29) is 49.1 Å². The number of thiol groups is 1. The molecule has 0 spiro atoms. The molecule has 0 aromatic rings. The van der Waals surface area contributed by atoms with E-state index in [2.05, 4.69) is 89.7 Å². The van der Waals surface area contributed by atoms with Gasteiger partial charge in [0.15, 0.2) is 0 Å². The van der Waals surface area contributed by atoms with E-state index in [9.17, 15) is 0 Å². The molecular formula is C19H43OOsP2S. The molecule has 0 saturated heterocycles. The molecule has 149 valence electrons. The maximum absolute atomic E-state index is 7.50. The van der Waals surface area contributed by atoms with Gasteiger partial charge >= 0.3 is 31.1 Å². The van der Waals surface area contributed by atoms with Crippen LogP contribution in [0.2, 0.25) is 0 Å². The average Bonchev–Trinajstić information content (AvgIpc) is 2.28. The van der Waals surface area contributed by atoms with E-state index in [1.165, 1.54) is 0 Å². The second-order valence-electron chi connectivity index (χ2n) is 7.46. The zero-order chi connectivity index (χ0) is 18.6. The largest absolute Gasteiger partial charge is 1.00 e. The molecule has 0 N–H and O–H groups in total. The maximum Gasteiger partial charge on any atom is 1.00 e. The summed E-state index contributed by atoms with van der Waals surface area (Å²) in [5.74, 6) is 0. The summed E-state index contributed by atoms with van der Waals surface area (Å²) in [5.41, 5.74) is 5.39. The van der Waals surface area contributed by atoms with E-state index in [0.717, 1.165) is 34.0 Å². The molecule has 0 aliphatic heterocycles. The summed E-state index contributed by atoms with van der Waals surface area (Å²) in [7, 11) is 0.525. The zero-order valence-corrected chi connectivity index (χ0v) is 23.3. The standard InChI is InChI=1S/2C9H21P.CO.Os.H2S/c2*1-7(2)10(8(3)4)9(5)6;1-2;;/h2*7-9H,1-6H3;;;1H2/q;;;+1;/p-1. The van der Waals surface area contributed by atoms with Gasteiger partial charge in [-0.2, -0.15) is 0 Å². The van der Waals surface area contributed by atoms with Crippen LogP contribution in [0.1, 0.15) is 83.1 Å². The smallest absolute Gasteiger partial charge is 0.813 e. The second kappa shape index (κ2) is 20.9. The molecule has 0 saturated carbocycles. The van der Waals surface area contributed by atoms with Crippen LogP contribution in [0, 0.1) is 6.65 Å². The normalized spacial score (nSPS) is 10.6. The molecule has 0 aromatic heterocycles. The van der Waals surface area contributed by atoms with E-state index >= 15 is 0 Å². The molecule has 0 aliphatic rings. The quantitative estimate of drug-likeness (QED) is 0.110. The monoisotopic (exact) mass is 573 g/mol. The molecule has 1 radical (unpaired) electrons. The van der Waals surface area contributed by atoms with Crippen LogP contribution in [0.15, 0.2) is 0 Å². The van der Waals surface area contributed by atoms with Crippen LogP contribution in [0.25, 0.3) is 0 Å². The van der Waals surface area contributed by atoms with Crippen molar-refractivity contribution >= 4 is 29.3 Å². The minimum Gasteiger partial charge on any atom is -0.813 e. The van der Waals surface area contributed by atoms with Gasteiger partial charge in [0.25, 0.3) is 0 Å². The first-order valence-corrected chi connectivity index (χ1v) is 11.8. The first-order chi connectivity index (χ1) is 9.93. The summed E-state index contributed by atoms with van der Waals surface area (Å²) < 4.78 is 7.50. The van der Waals surface area contributed by atoms with Crippen molar-refractivity contribution in [3.8, 4) is 0 Å². The minimum absolute atomic E-state index is 0. The van der Waals surface area contributed by atoms with Gasteiger partial charge in [-0.15, -0.1) is 0 Å². The molecule has 0 bridgehead atoms. The molecule has 0 atom stereocenters. The van der Waals surface area contributed by atoms with Crippen molar-refractivity contribution < 1.29 is 24.4 Å². The minimum atomic E-state index is 0. The van der Waals surface area contributed by atoms with Crippen LogP contribution in [-0.4, -0.2) is 34.0 Å². The Hall–Kier alpha value is 1.59. The zero-order valence-electron chi connectivity index (χ0n) is 18.1. The Balaban J connectivity index is -0.0000000843. The Labute approximate surface area is 177 Å². The molecule has 1 nitrogen and oxygen atoms in total. The van der Waals surface area contributed by atoms with Crippen LogP contribution in [0.5, 0.6) is 0 Å². The van der Waals surface area contributed by atoms with Crippen LogP contribution >= 0.6 is 15.8 Å². The molecule has 0 amide bonds. The molecule has 0 fully saturated rings. The van der Waals surface area contributed by atoms with Gasteiger partial charge in [-0.25, -0.2) is 0 Å². The summed E-state index contributed by atoms with van der Waals surface area (Å²) in [6.45, 7) is 32.7. The molecule has 0 aliphatic carbocycles. The number of rotatable bonds is 6. The molecule has 24 heavy (non-hydrogen) atoms. The predicted molar refractivity (Wildman–Crippen MR) is 117 cm³/mol. The van der Waals surface area contributed by atoms with Gasteiger partial charge in [0, 0.05) is 0 Å². The Morgan fingerprint density at radius 3 is 0.542 bits per heavy atom. The van der Waals surface area contributed by atoms with Crippen LogP contribution in [-0.2, 0) is 37.9 Å². The van der Waals surface area contributed by atoms with E-state index < -0.39 is 0 Å². The summed E-state index contributed by atoms with van der Waals surface area (Å²) in [5, 5.41) is 0. The molecule has 0 aromatic carbocycles. The second-order valence-corrected chi connectivity index (χ2v) is 15.4. The molecule has 0 heterocycles. The van der Waals surface area contributed by atoms with Crippen molar-refractivity contribution in [1.29, 1.82) is 0 Å². The summed E-state index contributed by atoms with van der Waals surface area (Å²) in [6, 6.07) is 0. The topological polar surface area (TPSA) is 19.9 Å². The van der Waals surface area contributed by atoms with Crippen molar-refractivity contribution in [2.45, 2.75) is 117 Å². The third kappa shape index (κ3) is 18.4. The van der Waals surface area contributed by atoms with Crippen molar-refractivity contribution in [2.24, 2.45) is 0 Å². The first kappa shape index (κ1) is 36.5. The number of hydrogen-bond acceptors (Lipinski definition) is 1. The predicted octanol–water partition coefficient (Wildman–Crippen LogP) is 7.08. The van der Waals surface area contributed by atoms with Crippen LogP contribution < -0.4 is 0 Å². The van der Waals surface area contributed by atoms with Gasteiger partial charge in [0.1, 0.15) is 0 Å². The fourth-order valence-electron chi connectivity index (χ4n) is 3.58. The van der Waals surface area contributed by atoms with Gasteiger partial charge in [0.2, 0.25) is 0 Å². The Morgan fingerprint density at radius 2 is 0.542 bits per heavy atom. The third-order valence-corrected chi connectivity index (χ3v) is 10.7. The van der Waals surface area contributed by atoms with Crippen molar-refractivity contribution in [1.82, 2.24) is 0 Å².